The Morgan fingerprint density at radius 3 is 2.15 bits per heavy atom. The Balaban J connectivity index is 1.42. The van der Waals surface area contributed by atoms with E-state index in [0.717, 1.165) is 0 Å². The van der Waals surface area contributed by atoms with Crippen molar-refractivity contribution in [3.8, 4) is 11.1 Å². The number of hydrogen-bond acceptors (Lipinski definition) is 4. The van der Waals surface area contributed by atoms with Crippen LogP contribution in [0.25, 0.3) is 16.7 Å². The molecule has 1 saturated heterocycles. The van der Waals surface area contributed by atoms with E-state index >= 15 is 0 Å². The fraction of sp³-hybridized carbons (Fsp3) is 0.440. The van der Waals surface area contributed by atoms with E-state index in [2.05, 4.69) is 0 Å². The standard InChI is InChI=1S/C25H25F5O4/c1-31-8-9-32-17-12-33-25(34-13-17)15-4-2-14(3-5-15)18-6-7-19(23(29)22(18)28)16-10-20(26)24(30)21(27)11-16/h2,6-7,10-11,15,17,25H,3-5,8-9,12-13H2,1H3. The molecule has 0 amide bonds. The number of benzene rings is 2. The Kier molecular flexibility index (Phi) is 7.98. The van der Waals surface area contributed by atoms with Crippen molar-refractivity contribution in [3.05, 3.63) is 65.0 Å². The maximum atomic E-state index is 14.9. The first kappa shape index (κ1) is 24.8. The average Bonchev–Trinajstić information content (AvgIpc) is 2.85. The molecule has 34 heavy (non-hydrogen) atoms. The van der Waals surface area contributed by atoms with Gasteiger partial charge in [0.15, 0.2) is 35.4 Å². The number of hydrogen-bond donors (Lipinski definition) is 0. The Morgan fingerprint density at radius 1 is 0.882 bits per heavy atom. The maximum Gasteiger partial charge on any atom is 0.194 e. The molecule has 2 aromatic rings. The summed E-state index contributed by atoms with van der Waals surface area (Å²) in [6, 6.07) is 3.88. The smallest absolute Gasteiger partial charge is 0.194 e. The zero-order valence-electron chi connectivity index (χ0n) is 18.6. The van der Waals surface area contributed by atoms with Gasteiger partial charge in [-0.1, -0.05) is 18.2 Å². The third-order valence-corrected chi connectivity index (χ3v) is 6.09. The molecule has 0 aromatic heterocycles. The first-order valence-electron chi connectivity index (χ1n) is 11.0. The van der Waals surface area contributed by atoms with Gasteiger partial charge in [0.05, 0.1) is 26.4 Å². The minimum absolute atomic E-state index is 0.0704. The van der Waals surface area contributed by atoms with Crippen molar-refractivity contribution >= 4 is 5.57 Å². The van der Waals surface area contributed by atoms with E-state index < -0.39 is 35.4 Å². The summed E-state index contributed by atoms with van der Waals surface area (Å²) in [5.74, 6) is -6.90. The highest BCUT2D eigenvalue weighted by atomic mass is 19.2. The molecule has 1 unspecified atom stereocenters. The number of methoxy groups -OCH3 is 1. The Labute approximate surface area is 194 Å². The van der Waals surface area contributed by atoms with Gasteiger partial charge in [0.1, 0.15) is 6.10 Å². The summed E-state index contributed by atoms with van der Waals surface area (Å²) in [6.07, 6.45) is 2.98. The van der Waals surface area contributed by atoms with Crippen LogP contribution < -0.4 is 0 Å². The quantitative estimate of drug-likeness (QED) is 0.290. The van der Waals surface area contributed by atoms with Crippen LogP contribution in [0, 0.1) is 35.0 Å². The fourth-order valence-electron chi connectivity index (χ4n) is 4.24. The van der Waals surface area contributed by atoms with E-state index in [9.17, 15) is 22.0 Å². The van der Waals surface area contributed by atoms with Crippen molar-refractivity contribution in [1.82, 2.24) is 0 Å². The van der Waals surface area contributed by atoms with E-state index in [4.69, 9.17) is 18.9 Å². The molecular formula is C25H25F5O4. The second-order valence-corrected chi connectivity index (χ2v) is 8.33. The summed E-state index contributed by atoms with van der Waals surface area (Å²) in [6.45, 7) is 1.77. The summed E-state index contributed by atoms with van der Waals surface area (Å²) >= 11 is 0. The predicted octanol–water partition coefficient (Wildman–Crippen LogP) is 5.64. The van der Waals surface area contributed by atoms with Gasteiger partial charge < -0.3 is 18.9 Å². The number of rotatable bonds is 7. The zero-order valence-corrected chi connectivity index (χ0v) is 18.6. The molecule has 9 heteroatoms. The van der Waals surface area contributed by atoms with Gasteiger partial charge in [0, 0.05) is 24.2 Å². The van der Waals surface area contributed by atoms with Crippen molar-refractivity contribution < 1.29 is 40.9 Å². The molecule has 1 heterocycles. The largest absolute Gasteiger partial charge is 0.382 e. The summed E-state index contributed by atoms with van der Waals surface area (Å²) in [4.78, 5) is 0. The van der Waals surface area contributed by atoms with E-state index in [-0.39, 0.29) is 28.7 Å². The van der Waals surface area contributed by atoms with Gasteiger partial charge in [0.25, 0.3) is 0 Å². The Hall–Kier alpha value is -2.33. The van der Waals surface area contributed by atoms with Crippen LogP contribution in [0.3, 0.4) is 0 Å². The first-order valence-corrected chi connectivity index (χ1v) is 11.0. The first-order chi connectivity index (χ1) is 16.4. The number of ether oxygens (including phenoxy) is 4. The molecule has 0 N–H and O–H groups in total. The summed E-state index contributed by atoms with van der Waals surface area (Å²) in [7, 11) is 1.60. The predicted molar refractivity (Wildman–Crippen MR) is 114 cm³/mol. The zero-order chi connectivity index (χ0) is 24.2. The Morgan fingerprint density at radius 2 is 1.53 bits per heavy atom. The molecule has 0 bridgehead atoms. The van der Waals surface area contributed by atoms with Gasteiger partial charge in [-0.15, -0.1) is 0 Å². The minimum atomic E-state index is -1.66. The molecule has 0 radical (unpaired) electrons. The van der Waals surface area contributed by atoms with E-state index in [0.29, 0.717) is 63.4 Å². The van der Waals surface area contributed by atoms with Crippen LogP contribution >= 0.6 is 0 Å². The van der Waals surface area contributed by atoms with Crippen LogP contribution in [0.1, 0.15) is 24.8 Å². The van der Waals surface area contributed by atoms with E-state index in [1.54, 1.807) is 7.11 Å². The molecule has 2 aliphatic rings. The van der Waals surface area contributed by atoms with E-state index in [1.807, 2.05) is 6.08 Å². The van der Waals surface area contributed by atoms with Gasteiger partial charge in [-0.2, -0.15) is 0 Å². The summed E-state index contributed by atoms with van der Waals surface area (Å²) in [5.41, 5.74) is 0.0832. The van der Waals surface area contributed by atoms with Crippen LogP contribution in [0.2, 0.25) is 0 Å². The van der Waals surface area contributed by atoms with Crippen LogP contribution in [0.4, 0.5) is 22.0 Å². The van der Waals surface area contributed by atoms with Gasteiger partial charge in [-0.05, 0) is 42.5 Å². The van der Waals surface area contributed by atoms with Crippen LogP contribution in [-0.4, -0.2) is 45.9 Å². The molecule has 2 aromatic carbocycles. The van der Waals surface area contributed by atoms with Gasteiger partial charge in [0.2, 0.25) is 0 Å². The molecule has 184 valence electrons. The normalized spacial score (nSPS) is 23.1. The minimum Gasteiger partial charge on any atom is -0.382 e. The lowest BCUT2D eigenvalue weighted by Gasteiger charge is -2.35. The molecule has 4 nitrogen and oxygen atoms in total. The second-order valence-electron chi connectivity index (χ2n) is 8.33. The summed E-state index contributed by atoms with van der Waals surface area (Å²) < 4.78 is 92.1. The lowest BCUT2D eigenvalue weighted by Crippen LogP contribution is -2.41. The molecule has 1 atom stereocenters. The molecule has 4 rings (SSSR count). The topological polar surface area (TPSA) is 36.9 Å². The SMILES string of the molecule is COCCOC1COC(C2CC=C(c3ccc(-c4cc(F)c(F)c(F)c4)c(F)c3F)CC2)OC1. The lowest BCUT2D eigenvalue weighted by atomic mass is 9.85. The third kappa shape index (κ3) is 5.33. The number of halogens is 5. The average molecular weight is 484 g/mol. The lowest BCUT2D eigenvalue weighted by molar-refractivity contribution is -0.247. The highest BCUT2D eigenvalue weighted by Gasteiger charge is 2.31. The maximum absolute atomic E-state index is 14.9. The third-order valence-electron chi connectivity index (χ3n) is 6.09. The van der Waals surface area contributed by atoms with Crippen LogP contribution in [0.5, 0.6) is 0 Å². The van der Waals surface area contributed by atoms with E-state index in [1.165, 1.54) is 12.1 Å². The number of allylic oxidation sites excluding steroid dienone is 2. The molecular weight excluding hydrogens is 459 g/mol. The highest BCUT2D eigenvalue weighted by Crippen LogP contribution is 2.37. The van der Waals surface area contributed by atoms with Gasteiger partial charge in [-0.25, -0.2) is 22.0 Å². The molecule has 1 fully saturated rings. The van der Waals surface area contributed by atoms with Crippen molar-refractivity contribution in [2.75, 3.05) is 33.5 Å². The molecule has 0 spiro atoms. The monoisotopic (exact) mass is 484 g/mol. The van der Waals surface area contributed by atoms with Crippen molar-refractivity contribution in [2.24, 2.45) is 5.92 Å². The molecule has 1 aliphatic carbocycles. The van der Waals surface area contributed by atoms with Crippen LogP contribution in [0.15, 0.2) is 30.3 Å². The highest BCUT2D eigenvalue weighted by molar-refractivity contribution is 5.72. The van der Waals surface area contributed by atoms with Crippen molar-refractivity contribution in [2.45, 2.75) is 31.7 Å². The fourth-order valence-corrected chi connectivity index (χ4v) is 4.24. The van der Waals surface area contributed by atoms with Crippen molar-refractivity contribution in [3.63, 3.8) is 0 Å². The Bertz CT molecular complexity index is 1030. The van der Waals surface area contributed by atoms with Gasteiger partial charge >= 0.3 is 0 Å². The molecule has 1 aliphatic heterocycles. The van der Waals surface area contributed by atoms with Crippen LogP contribution in [-0.2, 0) is 18.9 Å². The molecule has 0 saturated carbocycles. The van der Waals surface area contributed by atoms with Crippen molar-refractivity contribution in [1.29, 1.82) is 0 Å². The van der Waals surface area contributed by atoms with Gasteiger partial charge in [-0.3, -0.25) is 0 Å². The second kappa shape index (κ2) is 10.9. The summed E-state index contributed by atoms with van der Waals surface area (Å²) in [5, 5.41) is 0.